The van der Waals surface area contributed by atoms with Crippen molar-refractivity contribution in [3.8, 4) is 11.1 Å². The number of rotatable bonds is 6. The Balaban J connectivity index is 1.79. The van der Waals surface area contributed by atoms with Crippen molar-refractivity contribution in [3.05, 3.63) is 99.2 Å². The fourth-order valence-corrected chi connectivity index (χ4v) is 3.65. The molecule has 0 fully saturated rings. The average Bonchev–Trinajstić information content (AvgIpc) is 3.18. The number of aromatic nitrogens is 1. The Hall–Kier alpha value is -4.79. The van der Waals surface area contributed by atoms with Crippen molar-refractivity contribution in [3.63, 3.8) is 0 Å². The molecule has 0 aliphatic rings. The molecule has 9 nitrogen and oxygen atoms in total. The van der Waals surface area contributed by atoms with Gasteiger partial charge in [-0.25, -0.2) is 5.43 Å². The normalized spacial score (nSPS) is 11.1. The molecule has 0 spiro atoms. The number of carbonyl (C=O) groups is 2. The fraction of sp³-hybridized carbons (Fsp3) is 0.0417. The Labute approximate surface area is 187 Å². The van der Waals surface area contributed by atoms with Gasteiger partial charge in [-0.2, -0.15) is 5.10 Å². The molecule has 3 aromatic carbocycles. The van der Waals surface area contributed by atoms with Crippen LogP contribution in [0.4, 0.5) is 5.69 Å². The molecule has 9 heteroatoms. The summed E-state index contributed by atoms with van der Waals surface area (Å²) in [5.41, 5.74) is 4.59. The molecule has 1 amide bonds. The average molecular weight is 441 g/mol. The quantitative estimate of drug-likeness (QED) is 0.269. The van der Waals surface area contributed by atoms with Gasteiger partial charge in [-0.1, -0.05) is 54.6 Å². The van der Waals surface area contributed by atoms with Gasteiger partial charge in [0.2, 0.25) is 0 Å². The highest BCUT2D eigenvalue weighted by Crippen LogP contribution is 2.37. The summed E-state index contributed by atoms with van der Waals surface area (Å²) in [6.45, 7) is 1.74. The Morgan fingerprint density at radius 1 is 1.06 bits per heavy atom. The Bertz CT molecular complexity index is 1420. The summed E-state index contributed by atoms with van der Waals surface area (Å²) in [7, 11) is 0. The number of aryl methyl sites for hydroxylation is 1. The molecule has 0 aliphatic heterocycles. The predicted molar refractivity (Wildman–Crippen MR) is 121 cm³/mol. The van der Waals surface area contributed by atoms with Gasteiger partial charge in [0, 0.05) is 28.1 Å². The number of benzene rings is 3. The van der Waals surface area contributed by atoms with E-state index in [1.54, 1.807) is 49.4 Å². The number of H-pyrrole nitrogens is 1. The maximum atomic E-state index is 13.0. The lowest BCUT2D eigenvalue weighted by atomic mass is 10.00. The van der Waals surface area contributed by atoms with E-state index >= 15 is 0 Å². The molecule has 0 unspecified atom stereocenters. The molecule has 4 aromatic rings. The van der Waals surface area contributed by atoms with Crippen molar-refractivity contribution in [2.75, 3.05) is 0 Å². The molecule has 1 heterocycles. The maximum absolute atomic E-state index is 13.0. The van der Waals surface area contributed by atoms with Crippen LogP contribution in [0.2, 0.25) is 0 Å². The monoisotopic (exact) mass is 441 g/mol. The number of hydrogen-bond acceptors (Lipinski definition) is 6. The van der Waals surface area contributed by atoms with E-state index in [-0.39, 0.29) is 28.0 Å². The van der Waals surface area contributed by atoms with Crippen LogP contribution in [0.15, 0.2) is 71.8 Å². The number of aromatic amines is 1. The van der Waals surface area contributed by atoms with Gasteiger partial charge in [0.25, 0.3) is 11.6 Å². The standard InChI is InChI=1S/C24H18N4O5/c1-14-11-18-20(15-7-3-2-4-8-15)22(26-21(18)19(12-14)28(32)33)23(29)27-25-13-16-9-5-6-10-17(16)24(30)31/h2-13,26H,1H3,(H,27,29)(H,30,31)/p-1. The zero-order chi connectivity index (χ0) is 23.5. The maximum Gasteiger partial charge on any atom is 0.293 e. The highest BCUT2D eigenvalue weighted by molar-refractivity contribution is 6.12. The molecular formula is C24H17N4O5-. The molecule has 0 saturated carbocycles. The summed E-state index contributed by atoms with van der Waals surface area (Å²) < 4.78 is 0. The van der Waals surface area contributed by atoms with Crippen LogP contribution in [0.3, 0.4) is 0 Å². The van der Waals surface area contributed by atoms with Crippen molar-refractivity contribution < 1.29 is 19.6 Å². The van der Waals surface area contributed by atoms with Crippen molar-refractivity contribution in [1.82, 2.24) is 10.4 Å². The lowest BCUT2D eigenvalue weighted by molar-refractivity contribution is -0.383. The summed E-state index contributed by atoms with van der Waals surface area (Å²) in [5.74, 6) is -2.01. The Kier molecular flexibility index (Phi) is 5.69. The molecule has 0 atom stereocenters. The van der Waals surface area contributed by atoms with Gasteiger partial charge >= 0.3 is 0 Å². The van der Waals surface area contributed by atoms with Crippen LogP contribution in [0.1, 0.15) is 32.0 Å². The molecule has 2 N–H and O–H groups in total. The fourth-order valence-electron chi connectivity index (χ4n) is 3.65. The molecule has 0 bridgehead atoms. The third-order valence-corrected chi connectivity index (χ3v) is 5.07. The van der Waals surface area contributed by atoms with Crippen LogP contribution >= 0.6 is 0 Å². The lowest BCUT2D eigenvalue weighted by Crippen LogP contribution is -2.24. The Morgan fingerprint density at radius 3 is 2.45 bits per heavy atom. The molecular weight excluding hydrogens is 424 g/mol. The minimum Gasteiger partial charge on any atom is -0.545 e. The molecule has 33 heavy (non-hydrogen) atoms. The second kappa shape index (κ2) is 8.75. The minimum absolute atomic E-state index is 0.0721. The van der Waals surface area contributed by atoms with Gasteiger partial charge < -0.3 is 14.9 Å². The van der Waals surface area contributed by atoms with Crippen LogP contribution in [-0.4, -0.2) is 28.0 Å². The van der Waals surface area contributed by atoms with Crippen molar-refractivity contribution in [1.29, 1.82) is 0 Å². The zero-order valence-corrected chi connectivity index (χ0v) is 17.4. The van der Waals surface area contributed by atoms with Gasteiger partial charge in [-0.3, -0.25) is 14.9 Å². The second-order valence-corrected chi connectivity index (χ2v) is 7.28. The summed E-state index contributed by atoms with van der Waals surface area (Å²) in [6.07, 6.45) is 1.19. The van der Waals surface area contributed by atoms with E-state index in [1.165, 1.54) is 24.4 Å². The van der Waals surface area contributed by atoms with Gasteiger partial charge in [0.05, 0.1) is 17.1 Å². The first kappa shape index (κ1) is 21.4. The highest BCUT2D eigenvalue weighted by Gasteiger charge is 2.24. The number of aromatic carboxylic acids is 1. The smallest absolute Gasteiger partial charge is 0.293 e. The van der Waals surface area contributed by atoms with E-state index in [0.717, 1.165) is 0 Å². The number of fused-ring (bicyclic) bond motifs is 1. The molecule has 164 valence electrons. The van der Waals surface area contributed by atoms with Crippen LogP contribution < -0.4 is 10.5 Å². The summed E-state index contributed by atoms with van der Waals surface area (Å²) in [4.78, 5) is 38.3. The number of nitro groups is 1. The number of hydrogen-bond donors (Lipinski definition) is 2. The van der Waals surface area contributed by atoms with Gasteiger partial charge in [-0.05, 0) is 24.1 Å². The number of hydrazone groups is 1. The molecule has 0 aliphatic carbocycles. The van der Waals surface area contributed by atoms with Gasteiger partial charge in [0.1, 0.15) is 11.2 Å². The molecule has 0 radical (unpaired) electrons. The van der Waals surface area contributed by atoms with Gasteiger partial charge in [-0.15, -0.1) is 0 Å². The van der Waals surface area contributed by atoms with Crippen LogP contribution in [0, 0.1) is 17.0 Å². The lowest BCUT2D eigenvalue weighted by Gasteiger charge is -2.06. The number of carboxylic acid groups (broad SMARTS) is 1. The third kappa shape index (κ3) is 4.19. The number of non-ortho nitro benzene ring substituents is 1. The van der Waals surface area contributed by atoms with Crippen molar-refractivity contribution in [2.45, 2.75) is 6.92 Å². The number of carbonyl (C=O) groups excluding carboxylic acids is 2. The first-order valence-electron chi connectivity index (χ1n) is 9.86. The molecule has 4 rings (SSSR count). The second-order valence-electron chi connectivity index (χ2n) is 7.28. The molecule has 0 saturated heterocycles. The van der Waals surface area contributed by atoms with Crippen molar-refractivity contribution >= 4 is 34.7 Å². The number of amides is 1. The van der Waals surface area contributed by atoms with E-state index in [2.05, 4.69) is 15.5 Å². The summed E-state index contributed by atoms with van der Waals surface area (Å²) in [5, 5.41) is 27.3. The minimum atomic E-state index is -1.37. The van der Waals surface area contributed by atoms with Crippen LogP contribution in [0.25, 0.3) is 22.0 Å². The Morgan fingerprint density at radius 2 is 1.76 bits per heavy atom. The zero-order valence-electron chi connectivity index (χ0n) is 17.4. The van der Waals surface area contributed by atoms with E-state index in [1.807, 2.05) is 6.07 Å². The van der Waals surface area contributed by atoms with E-state index < -0.39 is 16.8 Å². The first-order chi connectivity index (χ1) is 15.9. The highest BCUT2D eigenvalue weighted by atomic mass is 16.6. The molecule has 1 aromatic heterocycles. The SMILES string of the molecule is Cc1cc([N+](=O)[O-])c2[nH]c(C(=O)NN=Cc3ccccc3C(=O)[O-])c(-c3ccccc3)c2c1. The van der Waals surface area contributed by atoms with Gasteiger partial charge in [0.15, 0.2) is 0 Å². The van der Waals surface area contributed by atoms with Crippen molar-refractivity contribution in [2.24, 2.45) is 5.10 Å². The number of carboxylic acids is 1. The van der Waals surface area contributed by atoms with E-state index in [0.29, 0.717) is 22.1 Å². The largest absolute Gasteiger partial charge is 0.545 e. The number of nitrogens with one attached hydrogen (secondary N) is 2. The van der Waals surface area contributed by atoms with E-state index in [9.17, 15) is 24.8 Å². The van der Waals surface area contributed by atoms with E-state index in [4.69, 9.17) is 0 Å². The van der Waals surface area contributed by atoms with Crippen LogP contribution in [-0.2, 0) is 0 Å². The predicted octanol–water partition coefficient (Wildman–Crippen LogP) is 3.18. The first-order valence-corrected chi connectivity index (χ1v) is 9.86. The summed E-state index contributed by atoms with van der Waals surface area (Å²) in [6, 6.07) is 18.3. The third-order valence-electron chi connectivity index (χ3n) is 5.07. The van der Waals surface area contributed by atoms with Crippen LogP contribution in [0.5, 0.6) is 0 Å². The number of nitro benzene ring substituents is 1. The topological polar surface area (TPSA) is 141 Å². The number of nitrogens with zero attached hydrogens (tertiary/aromatic N) is 2. The summed E-state index contributed by atoms with van der Waals surface area (Å²) >= 11 is 0.